The fraction of sp³-hybridized carbons (Fsp3) is 0.188. The Kier molecular flexibility index (Phi) is 5.63. The molecule has 2 aromatic carbocycles. The minimum atomic E-state index is -3.35. The molecule has 24 heavy (non-hydrogen) atoms. The van der Waals surface area contributed by atoms with E-state index in [-0.39, 0.29) is 17.9 Å². The van der Waals surface area contributed by atoms with Gasteiger partial charge in [0.15, 0.2) is 0 Å². The van der Waals surface area contributed by atoms with Gasteiger partial charge in [0.2, 0.25) is 10.0 Å². The SMILES string of the molecule is CNS(=O)(=O)Cc1ccc(CNC(=O)c2cc(F)ccc2F)cc1. The van der Waals surface area contributed by atoms with E-state index in [1.54, 1.807) is 24.3 Å². The molecule has 0 aliphatic rings. The van der Waals surface area contributed by atoms with Crippen LogP contribution in [0.3, 0.4) is 0 Å². The summed E-state index contributed by atoms with van der Waals surface area (Å²) >= 11 is 0. The Morgan fingerprint density at radius 3 is 2.29 bits per heavy atom. The lowest BCUT2D eigenvalue weighted by Crippen LogP contribution is -2.24. The molecule has 0 saturated carbocycles. The third-order valence-electron chi connectivity index (χ3n) is 3.32. The second kappa shape index (κ2) is 7.50. The number of carbonyl (C=O) groups is 1. The fourth-order valence-electron chi connectivity index (χ4n) is 1.99. The molecule has 0 aromatic heterocycles. The Morgan fingerprint density at radius 1 is 1.04 bits per heavy atom. The zero-order valence-electron chi connectivity index (χ0n) is 12.8. The van der Waals surface area contributed by atoms with Gasteiger partial charge in [-0.3, -0.25) is 4.79 Å². The largest absolute Gasteiger partial charge is 0.348 e. The van der Waals surface area contributed by atoms with E-state index in [4.69, 9.17) is 0 Å². The maximum absolute atomic E-state index is 13.5. The van der Waals surface area contributed by atoms with Crippen molar-refractivity contribution in [3.05, 3.63) is 70.8 Å². The lowest BCUT2D eigenvalue weighted by molar-refractivity contribution is 0.0946. The maximum atomic E-state index is 13.5. The molecule has 1 amide bonds. The molecule has 0 bridgehead atoms. The molecule has 0 heterocycles. The number of halogens is 2. The highest BCUT2D eigenvalue weighted by atomic mass is 32.2. The van der Waals surface area contributed by atoms with E-state index in [0.717, 1.165) is 18.2 Å². The summed E-state index contributed by atoms with van der Waals surface area (Å²) in [7, 11) is -2.01. The van der Waals surface area contributed by atoms with Crippen LogP contribution in [0.5, 0.6) is 0 Å². The van der Waals surface area contributed by atoms with Gasteiger partial charge in [-0.2, -0.15) is 0 Å². The van der Waals surface area contributed by atoms with Crippen LogP contribution in [0.1, 0.15) is 21.5 Å². The molecule has 0 radical (unpaired) electrons. The lowest BCUT2D eigenvalue weighted by atomic mass is 10.1. The molecule has 0 fully saturated rings. The zero-order valence-corrected chi connectivity index (χ0v) is 13.7. The number of sulfonamides is 1. The monoisotopic (exact) mass is 354 g/mol. The molecule has 8 heteroatoms. The van der Waals surface area contributed by atoms with E-state index in [2.05, 4.69) is 10.0 Å². The molecule has 2 aromatic rings. The molecule has 0 aliphatic carbocycles. The predicted molar refractivity (Wildman–Crippen MR) is 85.7 cm³/mol. The second-order valence-corrected chi connectivity index (χ2v) is 7.01. The molecule has 128 valence electrons. The Morgan fingerprint density at radius 2 is 1.67 bits per heavy atom. The van der Waals surface area contributed by atoms with Gasteiger partial charge in [0.25, 0.3) is 5.91 Å². The molecule has 0 atom stereocenters. The fourth-order valence-corrected chi connectivity index (χ4v) is 2.77. The van der Waals surface area contributed by atoms with E-state index in [1.807, 2.05) is 0 Å². The number of benzene rings is 2. The van der Waals surface area contributed by atoms with E-state index >= 15 is 0 Å². The van der Waals surface area contributed by atoms with Gasteiger partial charge < -0.3 is 5.32 Å². The van der Waals surface area contributed by atoms with Crippen molar-refractivity contribution in [2.24, 2.45) is 0 Å². The molecular weight excluding hydrogens is 338 g/mol. The first kappa shape index (κ1) is 18.0. The van der Waals surface area contributed by atoms with Gasteiger partial charge in [0.1, 0.15) is 11.6 Å². The highest BCUT2D eigenvalue weighted by Crippen LogP contribution is 2.11. The van der Waals surface area contributed by atoms with E-state index in [9.17, 15) is 22.0 Å². The van der Waals surface area contributed by atoms with Crippen LogP contribution < -0.4 is 10.0 Å². The summed E-state index contributed by atoms with van der Waals surface area (Å²) in [6.07, 6.45) is 0. The highest BCUT2D eigenvalue weighted by molar-refractivity contribution is 7.88. The molecule has 0 spiro atoms. The summed E-state index contributed by atoms with van der Waals surface area (Å²) in [6.45, 7) is 0.105. The summed E-state index contributed by atoms with van der Waals surface area (Å²) < 4.78 is 51.7. The first-order valence-corrected chi connectivity index (χ1v) is 8.68. The third kappa shape index (κ3) is 4.84. The van der Waals surface area contributed by atoms with Crippen molar-refractivity contribution in [3.63, 3.8) is 0 Å². The number of hydrogen-bond acceptors (Lipinski definition) is 3. The van der Waals surface area contributed by atoms with Gasteiger partial charge in [-0.25, -0.2) is 21.9 Å². The average Bonchev–Trinajstić information content (AvgIpc) is 2.56. The second-order valence-electron chi connectivity index (χ2n) is 5.09. The van der Waals surface area contributed by atoms with Crippen LogP contribution >= 0.6 is 0 Å². The Bertz CT molecular complexity index is 837. The number of nitrogens with one attached hydrogen (secondary N) is 2. The minimum absolute atomic E-state index is 0.105. The van der Waals surface area contributed by atoms with Crippen LogP contribution in [0.15, 0.2) is 42.5 Å². The first-order valence-electron chi connectivity index (χ1n) is 7.03. The summed E-state index contributed by atoms with van der Waals surface area (Å²) in [6, 6.07) is 9.21. The third-order valence-corrected chi connectivity index (χ3v) is 4.65. The molecular formula is C16H16F2N2O3S. The standard InChI is InChI=1S/C16H16F2N2O3S/c1-19-24(22,23)10-12-4-2-11(3-5-12)9-20-16(21)14-8-13(17)6-7-15(14)18/h2-8,19H,9-10H2,1H3,(H,20,21). The molecule has 0 aliphatic heterocycles. The zero-order chi connectivity index (χ0) is 17.7. The van der Waals surface area contributed by atoms with Gasteiger partial charge in [-0.1, -0.05) is 24.3 Å². The summed E-state index contributed by atoms with van der Waals surface area (Å²) in [5.41, 5.74) is 0.924. The Labute approximate surface area is 138 Å². The van der Waals surface area contributed by atoms with Crippen molar-refractivity contribution in [1.82, 2.24) is 10.0 Å². The molecule has 5 nitrogen and oxygen atoms in total. The summed E-state index contributed by atoms with van der Waals surface area (Å²) in [5, 5.41) is 2.49. The van der Waals surface area contributed by atoms with Crippen molar-refractivity contribution in [3.8, 4) is 0 Å². The van der Waals surface area contributed by atoms with Crippen molar-refractivity contribution < 1.29 is 22.0 Å². The van der Waals surface area contributed by atoms with Gasteiger partial charge in [-0.05, 0) is 36.4 Å². The van der Waals surface area contributed by atoms with Gasteiger partial charge in [0, 0.05) is 6.54 Å². The van der Waals surface area contributed by atoms with Gasteiger partial charge in [-0.15, -0.1) is 0 Å². The van der Waals surface area contributed by atoms with Crippen molar-refractivity contribution in [2.45, 2.75) is 12.3 Å². The first-order chi connectivity index (χ1) is 11.3. The molecule has 0 unspecified atom stereocenters. The van der Waals surface area contributed by atoms with Crippen LogP contribution in [0.2, 0.25) is 0 Å². The summed E-state index contributed by atoms with van der Waals surface area (Å²) in [4.78, 5) is 11.9. The number of rotatable bonds is 6. The number of hydrogen-bond donors (Lipinski definition) is 2. The smallest absolute Gasteiger partial charge is 0.254 e. The lowest BCUT2D eigenvalue weighted by Gasteiger charge is -2.08. The van der Waals surface area contributed by atoms with E-state index < -0.39 is 27.6 Å². The number of carbonyl (C=O) groups excluding carboxylic acids is 1. The highest BCUT2D eigenvalue weighted by Gasteiger charge is 2.13. The van der Waals surface area contributed by atoms with Crippen molar-refractivity contribution in [2.75, 3.05) is 7.05 Å². The van der Waals surface area contributed by atoms with Crippen LogP contribution in [0.4, 0.5) is 8.78 Å². The topological polar surface area (TPSA) is 75.3 Å². The summed E-state index contributed by atoms with van der Waals surface area (Å²) in [5.74, 6) is -2.38. The molecule has 2 N–H and O–H groups in total. The van der Waals surface area contributed by atoms with E-state index in [0.29, 0.717) is 11.1 Å². The van der Waals surface area contributed by atoms with Gasteiger partial charge in [0.05, 0.1) is 11.3 Å². The Balaban J connectivity index is 1.99. The van der Waals surface area contributed by atoms with E-state index in [1.165, 1.54) is 7.05 Å². The van der Waals surface area contributed by atoms with Crippen LogP contribution in [0.25, 0.3) is 0 Å². The van der Waals surface area contributed by atoms with Crippen LogP contribution in [-0.2, 0) is 22.3 Å². The predicted octanol–water partition coefficient (Wildman–Crippen LogP) is 1.94. The average molecular weight is 354 g/mol. The molecule has 0 saturated heterocycles. The Hall–Kier alpha value is -2.32. The van der Waals surface area contributed by atoms with Crippen LogP contribution in [0, 0.1) is 11.6 Å². The normalized spacial score (nSPS) is 11.3. The van der Waals surface area contributed by atoms with Crippen molar-refractivity contribution in [1.29, 1.82) is 0 Å². The molecule has 2 rings (SSSR count). The van der Waals surface area contributed by atoms with Crippen molar-refractivity contribution >= 4 is 15.9 Å². The van der Waals surface area contributed by atoms with Crippen LogP contribution in [-0.4, -0.2) is 21.4 Å². The maximum Gasteiger partial charge on any atom is 0.254 e. The van der Waals surface area contributed by atoms with Gasteiger partial charge >= 0.3 is 0 Å². The minimum Gasteiger partial charge on any atom is -0.348 e. The quantitative estimate of drug-likeness (QED) is 0.833. The number of amides is 1.